The first-order valence-corrected chi connectivity index (χ1v) is 10.1. The van der Waals surface area contributed by atoms with Crippen molar-refractivity contribution in [2.75, 3.05) is 11.9 Å². The molecule has 0 atom stereocenters. The van der Waals surface area contributed by atoms with E-state index in [4.69, 9.17) is 14.6 Å². The molecular formula is C23H21BrFNO4. The number of nitrogens with one attached hydrogen (secondary N) is 1. The minimum absolute atomic E-state index is 0.223. The third kappa shape index (κ3) is 5.73. The Hall–Kier alpha value is -3.06. The average Bonchev–Trinajstić information content (AvgIpc) is 2.73. The van der Waals surface area contributed by atoms with Gasteiger partial charge in [-0.25, -0.2) is 9.18 Å². The van der Waals surface area contributed by atoms with Crippen LogP contribution in [0, 0.1) is 5.82 Å². The molecule has 30 heavy (non-hydrogen) atoms. The quantitative estimate of drug-likeness (QED) is 0.406. The summed E-state index contributed by atoms with van der Waals surface area (Å²) in [5.41, 5.74) is 2.70. The number of hydrogen-bond acceptors (Lipinski definition) is 4. The fourth-order valence-electron chi connectivity index (χ4n) is 2.83. The van der Waals surface area contributed by atoms with E-state index in [9.17, 15) is 9.18 Å². The Morgan fingerprint density at radius 3 is 2.53 bits per heavy atom. The van der Waals surface area contributed by atoms with Crippen LogP contribution in [0.4, 0.5) is 10.1 Å². The van der Waals surface area contributed by atoms with E-state index >= 15 is 0 Å². The van der Waals surface area contributed by atoms with Gasteiger partial charge < -0.3 is 19.9 Å². The van der Waals surface area contributed by atoms with Crippen molar-refractivity contribution in [1.29, 1.82) is 0 Å². The highest BCUT2D eigenvalue weighted by molar-refractivity contribution is 9.10. The Bertz CT molecular complexity index is 1020. The smallest absolute Gasteiger partial charge is 0.335 e. The fraction of sp³-hybridized carbons (Fsp3) is 0.174. The van der Waals surface area contributed by atoms with E-state index in [2.05, 4.69) is 21.2 Å². The molecule has 3 aromatic carbocycles. The Labute approximate surface area is 182 Å². The molecule has 0 amide bonds. The summed E-state index contributed by atoms with van der Waals surface area (Å²) < 4.78 is 25.5. The maximum Gasteiger partial charge on any atom is 0.335 e. The summed E-state index contributed by atoms with van der Waals surface area (Å²) in [7, 11) is 0. The van der Waals surface area contributed by atoms with Crippen LogP contribution in [0.1, 0.15) is 28.4 Å². The molecule has 0 aliphatic heterocycles. The molecule has 0 aliphatic rings. The summed E-state index contributed by atoms with van der Waals surface area (Å²) in [4.78, 5) is 11.1. The van der Waals surface area contributed by atoms with E-state index in [0.717, 1.165) is 15.6 Å². The molecule has 3 aromatic rings. The van der Waals surface area contributed by atoms with E-state index in [1.165, 1.54) is 12.1 Å². The lowest BCUT2D eigenvalue weighted by Crippen LogP contribution is -2.05. The normalized spacial score (nSPS) is 10.5. The lowest BCUT2D eigenvalue weighted by atomic mass is 10.1. The van der Waals surface area contributed by atoms with Gasteiger partial charge in [0.2, 0.25) is 0 Å². The predicted molar refractivity (Wildman–Crippen MR) is 117 cm³/mol. The Morgan fingerprint density at radius 1 is 1.07 bits per heavy atom. The second-order valence-corrected chi connectivity index (χ2v) is 7.35. The second kappa shape index (κ2) is 10.1. The van der Waals surface area contributed by atoms with Gasteiger partial charge in [0.1, 0.15) is 12.4 Å². The lowest BCUT2D eigenvalue weighted by molar-refractivity contribution is 0.0697. The summed E-state index contributed by atoms with van der Waals surface area (Å²) in [5, 5.41) is 12.3. The van der Waals surface area contributed by atoms with Crippen LogP contribution in [0.15, 0.2) is 65.1 Å². The standard InChI is InChI=1S/C23H21BrFNO4/c1-2-29-21-11-16(13-26-19-5-3-4-17(12-19)23(27)28)10-20(24)22(21)30-14-15-6-8-18(25)9-7-15/h3-12,26H,2,13-14H2,1H3,(H,27,28). The lowest BCUT2D eigenvalue weighted by Gasteiger charge is -2.16. The SMILES string of the molecule is CCOc1cc(CNc2cccc(C(=O)O)c2)cc(Br)c1OCc1ccc(F)cc1. The second-order valence-electron chi connectivity index (χ2n) is 6.49. The molecule has 0 saturated carbocycles. The van der Waals surface area contributed by atoms with Crippen LogP contribution in [0.2, 0.25) is 0 Å². The molecule has 0 aliphatic carbocycles. The van der Waals surface area contributed by atoms with Crippen molar-refractivity contribution in [2.45, 2.75) is 20.1 Å². The highest BCUT2D eigenvalue weighted by Crippen LogP contribution is 2.37. The average molecular weight is 474 g/mol. The zero-order chi connectivity index (χ0) is 21.5. The van der Waals surface area contributed by atoms with Crippen molar-refractivity contribution in [1.82, 2.24) is 0 Å². The summed E-state index contributed by atoms with van der Waals surface area (Å²) in [6, 6.07) is 16.6. The first-order valence-electron chi connectivity index (χ1n) is 9.36. The molecule has 0 heterocycles. The number of benzene rings is 3. The topological polar surface area (TPSA) is 67.8 Å². The summed E-state index contributed by atoms with van der Waals surface area (Å²) in [6.45, 7) is 3.11. The number of carboxylic acids is 1. The maximum absolute atomic E-state index is 13.1. The van der Waals surface area contributed by atoms with Gasteiger partial charge in [0.25, 0.3) is 0 Å². The number of ether oxygens (including phenoxy) is 2. The molecule has 0 radical (unpaired) electrons. The van der Waals surface area contributed by atoms with Gasteiger partial charge in [-0.2, -0.15) is 0 Å². The van der Waals surface area contributed by atoms with Crippen molar-refractivity contribution >= 4 is 27.6 Å². The minimum atomic E-state index is -0.970. The highest BCUT2D eigenvalue weighted by Gasteiger charge is 2.13. The minimum Gasteiger partial charge on any atom is -0.490 e. The number of rotatable bonds is 9. The fourth-order valence-corrected chi connectivity index (χ4v) is 3.43. The van der Waals surface area contributed by atoms with Gasteiger partial charge in [-0.1, -0.05) is 18.2 Å². The van der Waals surface area contributed by atoms with Gasteiger partial charge in [-0.3, -0.25) is 0 Å². The molecule has 7 heteroatoms. The van der Waals surface area contributed by atoms with Crippen LogP contribution in [0.3, 0.4) is 0 Å². The summed E-state index contributed by atoms with van der Waals surface area (Å²) in [5.74, 6) is -0.105. The molecule has 0 fully saturated rings. The third-order valence-electron chi connectivity index (χ3n) is 4.27. The number of carboxylic acid groups (broad SMARTS) is 1. The molecule has 0 saturated heterocycles. The third-order valence-corrected chi connectivity index (χ3v) is 4.86. The van der Waals surface area contributed by atoms with E-state index in [-0.39, 0.29) is 18.0 Å². The van der Waals surface area contributed by atoms with Crippen LogP contribution in [0.25, 0.3) is 0 Å². The van der Waals surface area contributed by atoms with Crippen LogP contribution in [-0.2, 0) is 13.2 Å². The number of hydrogen-bond donors (Lipinski definition) is 2. The monoisotopic (exact) mass is 473 g/mol. The Balaban J connectivity index is 1.74. The Morgan fingerprint density at radius 2 is 1.83 bits per heavy atom. The number of aromatic carboxylic acids is 1. The van der Waals surface area contributed by atoms with Crippen molar-refractivity contribution in [3.05, 3.63) is 87.6 Å². The van der Waals surface area contributed by atoms with Crippen LogP contribution < -0.4 is 14.8 Å². The van der Waals surface area contributed by atoms with Crippen molar-refractivity contribution in [3.63, 3.8) is 0 Å². The van der Waals surface area contributed by atoms with Crippen molar-refractivity contribution < 1.29 is 23.8 Å². The van der Waals surface area contributed by atoms with Crippen molar-refractivity contribution in [3.8, 4) is 11.5 Å². The number of halogens is 2. The molecule has 3 rings (SSSR count). The van der Waals surface area contributed by atoms with E-state index in [0.29, 0.717) is 30.3 Å². The first-order chi connectivity index (χ1) is 14.5. The number of anilines is 1. The van der Waals surface area contributed by atoms with Crippen LogP contribution in [-0.4, -0.2) is 17.7 Å². The molecule has 2 N–H and O–H groups in total. The zero-order valence-electron chi connectivity index (χ0n) is 16.3. The van der Waals surface area contributed by atoms with E-state index < -0.39 is 5.97 Å². The van der Waals surface area contributed by atoms with Gasteiger partial charge >= 0.3 is 5.97 Å². The molecule has 0 bridgehead atoms. The largest absolute Gasteiger partial charge is 0.490 e. The van der Waals surface area contributed by atoms with Gasteiger partial charge in [-0.05, 0) is 76.4 Å². The highest BCUT2D eigenvalue weighted by atomic mass is 79.9. The van der Waals surface area contributed by atoms with Crippen LogP contribution in [0.5, 0.6) is 11.5 Å². The zero-order valence-corrected chi connectivity index (χ0v) is 17.9. The molecule has 0 unspecified atom stereocenters. The van der Waals surface area contributed by atoms with E-state index in [1.54, 1.807) is 30.3 Å². The molecule has 0 spiro atoms. The summed E-state index contributed by atoms with van der Waals surface area (Å²) in [6.07, 6.45) is 0. The van der Waals surface area contributed by atoms with Crippen molar-refractivity contribution in [2.24, 2.45) is 0 Å². The molecule has 156 valence electrons. The van der Waals surface area contributed by atoms with Crippen LogP contribution >= 0.6 is 15.9 Å². The molecule has 5 nitrogen and oxygen atoms in total. The predicted octanol–water partition coefficient (Wildman–Crippen LogP) is 5.88. The van der Waals surface area contributed by atoms with E-state index in [1.807, 2.05) is 25.1 Å². The summed E-state index contributed by atoms with van der Waals surface area (Å²) >= 11 is 3.54. The van der Waals surface area contributed by atoms with Gasteiger partial charge in [-0.15, -0.1) is 0 Å². The maximum atomic E-state index is 13.1. The van der Waals surface area contributed by atoms with Gasteiger partial charge in [0.05, 0.1) is 16.6 Å². The first kappa shape index (κ1) is 21.6. The molecular weight excluding hydrogens is 453 g/mol. The van der Waals surface area contributed by atoms with Gasteiger partial charge in [0, 0.05) is 12.2 Å². The van der Waals surface area contributed by atoms with Gasteiger partial charge in [0.15, 0.2) is 11.5 Å². The Kier molecular flexibility index (Phi) is 7.30. The number of carbonyl (C=O) groups is 1. The molecule has 0 aromatic heterocycles.